The van der Waals surface area contributed by atoms with Crippen molar-refractivity contribution in [3.63, 3.8) is 0 Å². The summed E-state index contributed by atoms with van der Waals surface area (Å²) in [6.45, 7) is 15.1. The highest BCUT2D eigenvalue weighted by Crippen LogP contribution is 2.17. The van der Waals surface area contributed by atoms with Gasteiger partial charge in [0.15, 0.2) is 0 Å². The first-order chi connectivity index (χ1) is 9.74. The van der Waals surface area contributed by atoms with Crippen molar-refractivity contribution in [1.82, 2.24) is 0 Å². The molecule has 0 N–H and O–H groups in total. The van der Waals surface area contributed by atoms with Gasteiger partial charge in [0, 0.05) is 0 Å². The highest BCUT2D eigenvalue weighted by atomic mass is 35.5. The Balaban J connectivity index is 0. The second-order valence-electron chi connectivity index (χ2n) is 6.71. The van der Waals surface area contributed by atoms with E-state index in [1.165, 1.54) is 101 Å². The number of unbranched alkanes of at least 4 members (excludes halogenated alkanes) is 7. The summed E-state index contributed by atoms with van der Waals surface area (Å²) in [6, 6.07) is 0. The average molecular weight is 320 g/mol. The second-order valence-corrected chi connectivity index (χ2v) is 6.71. The van der Waals surface area contributed by atoms with E-state index >= 15 is 0 Å². The van der Waals surface area contributed by atoms with Crippen LogP contribution in [0.2, 0.25) is 0 Å². The molecular weight excluding hydrogens is 278 g/mol. The van der Waals surface area contributed by atoms with Crippen LogP contribution in [-0.4, -0.2) is 30.7 Å². The molecule has 130 valence electrons. The van der Waals surface area contributed by atoms with Crippen LogP contribution < -0.4 is 12.4 Å². The first-order valence-corrected chi connectivity index (χ1v) is 9.59. The second kappa shape index (κ2) is 16.6. The summed E-state index contributed by atoms with van der Waals surface area (Å²) < 4.78 is 1.44. The van der Waals surface area contributed by atoms with Crippen LogP contribution in [0.25, 0.3) is 0 Å². The summed E-state index contributed by atoms with van der Waals surface area (Å²) in [5.41, 5.74) is 0. The molecule has 2 heteroatoms. The van der Waals surface area contributed by atoms with Crippen molar-refractivity contribution < 1.29 is 16.9 Å². The topological polar surface area (TPSA) is 0 Å². The quantitative estimate of drug-likeness (QED) is 0.321. The average Bonchev–Trinajstić information content (AvgIpc) is 2.46. The molecule has 0 fully saturated rings. The summed E-state index contributed by atoms with van der Waals surface area (Å²) in [5.74, 6) is 0. The summed E-state index contributed by atoms with van der Waals surface area (Å²) in [4.78, 5) is 0. The Labute approximate surface area is 141 Å². The zero-order valence-corrected chi connectivity index (χ0v) is 16.2. The largest absolute Gasteiger partial charge is 1.00 e. The van der Waals surface area contributed by atoms with Crippen LogP contribution in [0.3, 0.4) is 0 Å². The first kappa shape index (κ1) is 23.5. The Bertz CT molecular complexity index is 167. The maximum atomic E-state index is 2.35. The van der Waals surface area contributed by atoms with Gasteiger partial charge in [0.1, 0.15) is 0 Å². The smallest absolute Gasteiger partial charge is 0.0786 e. The van der Waals surface area contributed by atoms with Gasteiger partial charge in [-0.05, 0) is 44.9 Å². The molecule has 0 aromatic carbocycles. The number of hydrogen-bond acceptors (Lipinski definition) is 0. The Morgan fingerprint density at radius 1 is 0.429 bits per heavy atom. The van der Waals surface area contributed by atoms with Crippen molar-refractivity contribution in [2.24, 2.45) is 0 Å². The van der Waals surface area contributed by atoms with E-state index in [2.05, 4.69) is 27.7 Å². The SMILES string of the molecule is CCCCC[N+](CCCC)(CCCCC)CCCCC.[Cl-]. The van der Waals surface area contributed by atoms with Crippen LogP contribution in [0, 0.1) is 0 Å². The molecule has 0 saturated carbocycles. The summed E-state index contributed by atoms with van der Waals surface area (Å²) in [6.07, 6.45) is 15.5. The monoisotopic (exact) mass is 319 g/mol. The van der Waals surface area contributed by atoms with Gasteiger partial charge in [-0.15, -0.1) is 0 Å². The lowest BCUT2D eigenvalue weighted by atomic mass is 10.1. The van der Waals surface area contributed by atoms with Crippen molar-refractivity contribution in [3.05, 3.63) is 0 Å². The Morgan fingerprint density at radius 3 is 1.00 bits per heavy atom. The standard InChI is InChI=1S/C19H42N.ClH/c1-5-9-13-17-20(16-12-8-4,18-14-10-6-2)19-15-11-7-3;/h5-19H2,1-4H3;1H/q+1;/p-1. The molecule has 0 aliphatic rings. The summed E-state index contributed by atoms with van der Waals surface area (Å²) in [5, 5.41) is 0. The lowest BCUT2D eigenvalue weighted by Crippen LogP contribution is -3.00. The van der Waals surface area contributed by atoms with Crippen LogP contribution in [0.15, 0.2) is 0 Å². The van der Waals surface area contributed by atoms with Gasteiger partial charge in [-0.1, -0.05) is 53.4 Å². The molecule has 0 heterocycles. The van der Waals surface area contributed by atoms with Crippen LogP contribution >= 0.6 is 0 Å². The minimum absolute atomic E-state index is 0. The van der Waals surface area contributed by atoms with Crippen molar-refractivity contribution >= 4 is 0 Å². The fraction of sp³-hybridized carbons (Fsp3) is 1.00. The number of hydrogen-bond donors (Lipinski definition) is 0. The van der Waals surface area contributed by atoms with E-state index in [0.29, 0.717) is 0 Å². The number of nitrogens with zero attached hydrogens (tertiary/aromatic N) is 1. The van der Waals surface area contributed by atoms with Gasteiger partial charge < -0.3 is 16.9 Å². The molecule has 0 aliphatic heterocycles. The van der Waals surface area contributed by atoms with Gasteiger partial charge in [-0.3, -0.25) is 0 Å². The van der Waals surface area contributed by atoms with Gasteiger partial charge in [-0.2, -0.15) is 0 Å². The van der Waals surface area contributed by atoms with Crippen LogP contribution in [0.5, 0.6) is 0 Å². The van der Waals surface area contributed by atoms with Gasteiger partial charge in [0.05, 0.1) is 26.2 Å². The fourth-order valence-corrected chi connectivity index (χ4v) is 3.26. The predicted octanol–water partition coefficient (Wildman–Crippen LogP) is 3.18. The normalized spacial score (nSPS) is 11.4. The molecule has 0 unspecified atom stereocenters. The molecule has 0 bridgehead atoms. The number of rotatable bonds is 15. The van der Waals surface area contributed by atoms with Crippen LogP contribution in [-0.2, 0) is 0 Å². The molecule has 0 atom stereocenters. The van der Waals surface area contributed by atoms with Crippen LogP contribution in [0.1, 0.15) is 98.3 Å². The minimum Gasteiger partial charge on any atom is -1.00 e. The van der Waals surface area contributed by atoms with Gasteiger partial charge in [0.25, 0.3) is 0 Å². The zero-order chi connectivity index (χ0) is 15.1. The van der Waals surface area contributed by atoms with Crippen molar-refractivity contribution in [2.45, 2.75) is 98.3 Å². The molecule has 0 amide bonds. The summed E-state index contributed by atoms with van der Waals surface area (Å²) >= 11 is 0. The van der Waals surface area contributed by atoms with E-state index in [4.69, 9.17) is 0 Å². The predicted molar refractivity (Wildman–Crippen MR) is 93.2 cm³/mol. The Hall–Kier alpha value is 0.250. The molecule has 0 aliphatic carbocycles. The molecule has 0 aromatic rings. The maximum absolute atomic E-state index is 2.35. The van der Waals surface area contributed by atoms with E-state index in [0.717, 1.165) is 0 Å². The Morgan fingerprint density at radius 2 is 0.714 bits per heavy atom. The van der Waals surface area contributed by atoms with Crippen molar-refractivity contribution in [1.29, 1.82) is 0 Å². The third kappa shape index (κ3) is 12.5. The van der Waals surface area contributed by atoms with E-state index in [1.807, 2.05) is 0 Å². The van der Waals surface area contributed by atoms with Gasteiger partial charge in [0.2, 0.25) is 0 Å². The van der Waals surface area contributed by atoms with Gasteiger partial charge in [-0.25, -0.2) is 0 Å². The number of halogens is 1. The summed E-state index contributed by atoms with van der Waals surface area (Å²) in [7, 11) is 0. The maximum Gasteiger partial charge on any atom is 0.0786 e. The lowest BCUT2D eigenvalue weighted by Gasteiger charge is -2.39. The molecule has 0 radical (unpaired) electrons. The van der Waals surface area contributed by atoms with E-state index in [-0.39, 0.29) is 12.4 Å². The third-order valence-corrected chi connectivity index (χ3v) is 4.69. The van der Waals surface area contributed by atoms with Gasteiger partial charge >= 0.3 is 0 Å². The highest BCUT2D eigenvalue weighted by Gasteiger charge is 2.25. The molecule has 0 saturated heterocycles. The molecular formula is C19H42ClN. The molecule has 21 heavy (non-hydrogen) atoms. The first-order valence-electron chi connectivity index (χ1n) is 9.59. The zero-order valence-electron chi connectivity index (χ0n) is 15.4. The highest BCUT2D eigenvalue weighted by molar-refractivity contribution is 4.51. The van der Waals surface area contributed by atoms with Crippen molar-refractivity contribution in [2.75, 3.05) is 26.2 Å². The third-order valence-electron chi connectivity index (χ3n) is 4.69. The minimum atomic E-state index is 0. The molecule has 1 nitrogen and oxygen atoms in total. The fourth-order valence-electron chi connectivity index (χ4n) is 3.26. The van der Waals surface area contributed by atoms with E-state index in [1.54, 1.807) is 0 Å². The van der Waals surface area contributed by atoms with E-state index in [9.17, 15) is 0 Å². The van der Waals surface area contributed by atoms with Crippen LogP contribution in [0.4, 0.5) is 0 Å². The van der Waals surface area contributed by atoms with E-state index < -0.39 is 0 Å². The lowest BCUT2D eigenvalue weighted by molar-refractivity contribution is -0.929. The molecule has 0 aromatic heterocycles. The Kier molecular flexibility index (Phi) is 18.6. The molecule has 0 rings (SSSR count). The number of quaternary nitrogens is 1. The molecule has 0 spiro atoms. The van der Waals surface area contributed by atoms with Crippen molar-refractivity contribution in [3.8, 4) is 0 Å².